The number of hydrogen-bond acceptors (Lipinski definition) is 7. The van der Waals surface area contributed by atoms with E-state index in [2.05, 4.69) is 86.8 Å². The summed E-state index contributed by atoms with van der Waals surface area (Å²) in [5.41, 5.74) is 0. The minimum absolute atomic E-state index is 0.0281. The van der Waals surface area contributed by atoms with Crippen molar-refractivity contribution in [1.29, 1.82) is 0 Å². The number of aliphatic carboxylic acids is 1. The van der Waals surface area contributed by atoms with E-state index >= 15 is 0 Å². The Kier molecular flexibility index (Phi) is 45.9. The van der Waals surface area contributed by atoms with Gasteiger partial charge in [0.15, 0.2) is 6.10 Å². The number of carbonyl (C=O) groups excluding carboxylic acids is 3. The Labute approximate surface area is 406 Å². The summed E-state index contributed by atoms with van der Waals surface area (Å²) in [5, 5.41) is 11.7. The number of hydrogen-bond donors (Lipinski definition) is 0. The van der Waals surface area contributed by atoms with E-state index < -0.39 is 18.1 Å². The van der Waals surface area contributed by atoms with Gasteiger partial charge in [-0.15, -0.1) is 0 Å². The zero-order valence-corrected chi connectivity index (χ0v) is 43.3. The lowest BCUT2D eigenvalue weighted by Crippen LogP contribution is -2.55. The quantitative estimate of drug-likeness (QED) is 0.0259. The normalized spacial score (nSPS) is 13.4. The molecular formula is C58H101NO7. The summed E-state index contributed by atoms with van der Waals surface area (Å²) in [7, 11) is 5.41. The second-order valence-electron chi connectivity index (χ2n) is 19.1. The van der Waals surface area contributed by atoms with Crippen molar-refractivity contribution in [3.05, 3.63) is 72.9 Å². The Hall–Kier alpha value is -3.23. The first-order chi connectivity index (χ1) is 32.1. The molecule has 0 aliphatic rings. The Bertz CT molecular complexity index is 1310. The fourth-order valence-electron chi connectivity index (χ4n) is 7.68. The van der Waals surface area contributed by atoms with Crippen LogP contribution in [0.2, 0.25) is 0 Å². The lowest BCUT2D eigenvalue weighted by Gasteiger charge is -2.34. The first-order valence-electron chi connectivity index (χ1n) is 27.0. The van der Waals surface area contributed by atoms with E-state index in [9.17, 15) is 19.5 Å². The molecule has 0 heterocycles. The molecular weight excluding hydrogens is 823 g/mol. The SMILES string of the molecule is CC/C=C/C/C=C/C/C=C/C/C=C/C/C=C/CCCCCCC(=O)OCC(COCCC(C(=O)[O-])[N+](C)(C)C)OC(=O)CCCCCCCCC/C=C/CCCCCCCCCCCCC. The zero-order valence-electron chi connectivity index (χ0n) is 43.3. The lowest BCUT2D eigenvalue weighted by molar-refractivity contribution is -0.889. The van der Waals surface area contributed by atoms with Gasteiger partial charge in [0, 0.05) is 19.3 Å². The fraction of sp³-hybridized carbons (Fsp3) is 0.741. The second-order valence-corrected chi connectivity index (χ2v) is 19.1. The Morgan fingerprint density at radius 1 is 0.470 bits per heavy atom. The molecule has 0 N–H and O–H groups in total. The van der Waals surface area contributed by atoms with Crippen molar-refractivity contribution in [2.45, 2.75) is 238 Å². The number of carboxylic acids is 1. The third-order valence-corrected chi connectivity index (χ3v) is 11.8. The van der Waals surface area contributed by atoms with Gasteiger partial charge in [-0.25, -0.2) is 0 Å². The molecule has 0 radical (unpaired) electrons. The van der Waals surface area contributed by atoms with Crippen molar-refractivity contribution in [1.82, 2.24) is 0 Å². The maximum atomic E-state index is 12.8. The van der Waals surface area contributed by atoms with Crippen molar-refractivity contribution in [3.8, 4) is 0 Å². The number of rotatable bonds is 48. The van der Waals surface area contributed by atoms with Crippen LogP contribution in [-0.4, -0.2) is 75.5 Å². The molecule has 0 aromatic heterocycles. The molecule has 0 amide bonds. The van der Waals surface area contributed by atoms with Crippen LogP contribution < -0.4 is 5.11 Å². The predicted molar refractivity (Wildman–Crippen MR) is 277 cm³/mol. The number of allylic oxidation sites excluding steroid dienone is 12. The summed E-state index contributed by atoms with van der Waals surface area (Å²) in [6.45, 7) is 4.54. The highest BCUT2D eigenvalue weighted by atomic mass is 16.6. The van der Waals surface area contributed by atoms with Crippen LogP contribution in [0, 0.1) is 0 Å². The van der Waals surface area contributed by atoms with E-state index in [4.69, 9.17) is 14.2 Å². The van der Waals surface area contributed by atoms with Crippen LogP contribution in [0.4, 0.5) is 0 Å². The van der Waals surface area contributed by atoms with Gasteiger partial charge in [-0.05, 0) is 83.5 Å². The van der Waals surface area contributed by atoms with Crippen LogP contribution in [0.5, 0.6) is 0 Å². The standard InChI is InChI=1S/C58H101NO7/c1-6-8-10-12-14-16-18-20-22-24-26-28-29-31-33-35-37-39-41-43-45-47-49-57(61)66-54(52-64-51-50-55(58(62)63)59(3,4)5)53-65-56(60)48-46-44-42-40-38-36-34-32-30-27-25-23-21-19-17-15-13-11-9-7-2/h9,11,15,17,21,23,27,29-31,34,36,54-55H,6-8,10,12-14,16,18-20,22,24-26,28,32-33,35,37-53H2,1-5H3/b11-9+,17-15+,23-21+,30-27+,31-29+,36-34+. The topological polar surface area (TPSA) is 102 Å². The van der Waals surface area contributed by atoms with E-state index in [-0.39, 0.29) is 42.7 Å². The molecule has 8 nitrogen and oxygen atoms in total. The average molecular weight is 924 g/mol. The van der Waals surface area contributed by atoms with Gasteiger partial charge in [0.25, 0.3) is 0 Å². The van der Waals surface area contributed by atoms with Crippen molar-refractivity contribution < 1.29 is 38.2 Å². The molecule has 66 heavy (non-hydrogen) atoms. The maximum Gasteiger partial charge on any atom is 0.306 e. The fourth-order valence-corrected chi connectivity index (χ4v) is 7.68. The van der Waals surface area contributed by atoms with Gasteiger partial charge < -0.3 is 28.6 Å². The monoisotopic (exact) mass is 924 g/mol. The van der Waals surface area contributed by atoms with E-state index in [1.165, 1.54) is 109 Å². The number of esters is 2. The highest BCUT2D eigenvalue weighted by molar-refractivity contribution is 5.70. The summed E-state index contributed by atoms with van der Waals surface area (Å²) in [6.07, 6.45) is 62.2. The Morgan fingerprint density at radius 2 is 0.848 bits per heavy atom. The number of ether oxygens (including phenoxy) is 3. The Balaban J connectivity index is 4.27. The summed E-state index contributed by atoms with van der Waals surface area (Å²) >= 11 is 0. The average Bonchev–Trinajstić information content (AvgIpc) is 3.28. The zero-order chi connectivity index (χ0) is 48.4. The van der Waals surface area contributed by atoms with Gasteiger partial charge in [0.1, 0.15) is 12.6 Å². The smallest absolute Gasteiger partial charge is 0.306 e. The minimum atomic E-state index is -1.13. The molecule has 2 atom stereocenters. The predicted octanol–water partition coefficient (Wildman–Crippen LogP) is 14.5. The van der Waals surface area contributed by atoms with E-state index in [1.54, 1.807) is 21.1 Å². The van der Waals surface area contributed by atoms with Gasteiger partial charge in [-0.3, -0.25) is 9.59 Å². The molecule has 0 aromatic carbocycles. The molecule has 0 saturated heterocycles. The summed E-state index contributed by atoms with van der Waals surface area (Å²) in [4.78, 5) is 37.1. The molecule has 8 heteroatoms. The van der Waals surface area contributed by atoms with E-state index in [0.29, 0.717) is 12.8 Å². The van der Waals surface area contributed by atoms with Gasteiger partial charge in [0.05, 0.1) is 40.3 Å². The maximum absolute atomic E-state index is 12.8. The molecule has 0 spiro atoms. The summed E-state index contributed by atoms with van der Waals surface area (Å²) < 4.78 is 17.2. The van der Waals surface area contributed by atoms with Gasteiger partial charge >= 0.3 is 11.9 Å². The highest BCUT2D eigenvalue weighted by Crippen LogP contribution is 2.15. The van der Waals surface area contributed by atoms with Gasteiger partial charge in [-0.1, -0.05) is 196 Å². The van der Waals surface area contributed by atoms with Gasteiger partial charge in [0.2, 0.25) is 0 Å². The number of likely N-dealkylation sites (N-methyl/N-ethyl adjacent to an activating group) is 1. The van der Waals surface area contributed by atoms with Crippen LogP contribution >= 0.6 is 0 Å². The number of carbonyl (C=O) groups is 3. The molecule has 2 unspecified atom stereocenters. The van der Waals surface area contributed by atoms with Crippen molar-refractivity contribution in [2.24, 2.45) is 0 Å². The van der Waals surface area contributed by atoms with Gasteiger partial charge in [-0.2, -0.15) is 0 Å². The second kappa shape index (κ2) is 48.2. The third-order valence-electron chi connectivity index (χ3n) is 11.8. The molecule has 380 valence electrons. The molecule has 0 rings (SSSR count). The number of quaternary nitrogens is 1. The largest absolute Gasteiger partial charge is 0.544 e. The number of nitrogens with zero attached hydrogens (tertiary/aromatic N) is 1. The van der Waals surface area contributed by atoms with Crippen LogP contribution in [0.1, 0.15) is 226 Å². The molecule has 0 saturated carbocycles. The van der Waals surface area contributed by atoms with Crippen LogP contribution in [0.15, 0.2) is 72.9 Å². The summed E-state index contributed by atoms with van der Waals surface area (Å²) in [5.74, 6) is -1.77. The lowest BCUT2D eigenvalue weighted by atomic mass is 10.0. The molecule has 0 fully saturated rings. The van der Waals surface area contributed by atoms with Crippen LogP contribution in [-0.2, 0) is 28.6 Å². The van der Waals surface area contributed by atoms with Crippen molar-refractivity contribution >= 4 is 17.9 Å². The van der Waals surface area contributed by atoms with Crippen molar-refractivity contribution in [2.75, 3.05) is 41.0 Å². The third kappa shape index (κ3) is 45.9. The molecule has 0 aliphatic carbocycles. The van der Waals surface area contributed by atoms with E-state index in [1.807, 2.05) is 0 Å². The van der Waals surface area contributed by atoms with Crippen LogP contribution in [0.3, 0.4) is 0 Å². The minimum Gasteiger partial charge on any atom is -0.544 e. The number of unbranched alkanes of at least 4 members (excludes halogenated alkanes) is 22. The first kappa shape index (κ1) is 62.8. The summed E-state index contributed by atoms with van der Waals surface area (Å²) in [6, 6.07) is -0.735. The van der Waals surface area contributed by atoms with Crippen LogP contribution in [0.25, 0.3) is 0 Å². The van der Waals surface area contributed by atoms with E-state index in [0.717, 1.165) is 83.5 Å². The highest BCUT2D eigenvalue weighted by Gasteiger charge is 2.25. The Morgan fingerprint density at radius 3 is 1.27 bits per heavy atom. The molecule has 0 bridgehead atoms. The van der Waals surface area contributed by atoms with Crippen molar-refractivity contribution in [3.63, 3.8) is 0 Å². The molecule has 0 aromatic rings. The molecule has 0 aliphatic heterocycles. The number of carboxylic acid groups (broad SMARTS) is 1. The first-order valence-corrected chi connectivity index (χ1v) is 27.0.